The lowest BCUT2D eigenvalue weighted by Gasteiger charge is -2.17. The van der Waals surface area contributed by atoms with Crippen molar-refractivity contribution < 1.29 is 4.79 Å². The van der Waals surface area contributed by atoms with Gasteiger partial charge in [0.1, 0.15) is 0 Å². The van der Waals surface area contributed by atoms with Crippen molar-refractivity contribution in [1.82, 2.24) is 0 Å². The normalized spacial score (nSPS) is 11.2. The molecule has 0 aliphatic carbocycles. The Morgan fingerprint density at radius 2 is 2.00 bits per heavy atom. The van der Waals surface area contributed by atoms with Gasteiger partial charge in [-0.3, -0.25) is 4.79 Å². The van der Waals surface area contributed by atoms with E-state index in [1.807, 2.05) is 0 Å². The van der Waals surface area contributed by atoms with Gasteiger partial charge in [-0.1, -0.05) is 13.8 Å². The Kier molecular flexibility index (Phi) is 2.76. The van der Waals surface area contributed by atoms with E-state index < -0.39 is 5.41 Å². The van der Waals surface area contributed by atoms with Gasteiger partial charge in [0.15, 0.2) is 5.78 Å². The molecule has 2 heteroatoms. The Morgan fingerprint density at radius 3 is 2.10 bits per heavy atom. The van der Waals surface area contributed by atoms with Crippen molar-refractivity contribution >= 4 is 11.5 Å². The second kappa shape index (κ2) is 2.95. The molecule has 0 fully saturated rings. The van der Waals surface area contributed by atoms with Crippen LogP contribution in [-0.2, 0) is 4.79 Å². The number of hydrogen-bond acceptors (Lipinski definition) is 2. The molecule has 0 saturated carbocycles. The second-order valence-corrected chi connectivity index (χ2v) is 2.93. The summed E-state index contributed by atoms with van der Waals surface area (Å²) in [6.45, 7) is 10.5. The molecule has 2 radical (unpaired) electrons. The number of hydrogen-bond donors (Lipinski definition) is 1. The summed E-state index contributed by atoms with van der Waals surface area (Å²) in [6, 6.07) is 0. The Morgan fingerprint density at radius 1 is 1.60 bits per heavy atom. The third-order valence-corrected chi connectivity index (χ3v) is 1.18. The first-order valence-electron chi connectivity index (χ1n) is 3.16. The lowest BCUT2D eigenvalue weighted by molar-refractivity contribution is -0.112. The highest BCUT2D eigenvalue weighted by molar-refractivity contribution is 6.40. The first-order chi connectivity index (χ1) is 4.39. The van der Waals surface area contributed by atoms with Gasteiger partial charge in [-0.2, -0.15) is 0 Å². The highest BCUT2D eigenvalue weighted by atomic mass is 16.1. The zero-order valence-corrected chi connectivity index (χ0v) is 6.53. The number of carbonyl (C=O) groups is 1. The van der Waals surface area contributed by atoms with E-state index in [-0.39, 0.29) is 17.9 Å². The minimum absolute atomic E-state index is 0.0579. The van der Waals surface area contributed by atoms with Crippen LogP contribution in [-0.4, -0.2) is 11.5 Å². The summed E-state index contributed by atoms with van der Waals surface area (Å²) in [5.41, 5.74) is -0.517. The molecule has 0 heterocycles. The van der Waals surface area contributed by atoms with E-state index in [0.717, 1.165) is 0 Å². The predicted octanol–water partition coefficient (Wildman–Crippen LogP) is 1.66. The smallest absolute Gasteiger partial charge is 0.176 e. The summed E-state index contributed by atoms with van der Waals surface area (Å²) in [4.78, 5) is 10.8. The molecular formula is C8H13NO. The Hall–Kier alpha value is -0.660. The van der Waals surface area contributed by atoms with Gasteiger partial charge in [-0.25, -0.2) is 0 Å². The van der Waals surface area contributed by atoms with Gasteiger partial charge in [0.25, 0.3) is 0 Å². The van der Waals surface area contributed by atoms with Gasteiger partial charge < -0.3 is 5.41 Å². The molecule has 0 rings (SSSR count). The van der Waals surface area contributed by atoms with Gasteiger partial charge in [-0.05, 0) is 13.8 Å². The largest absolute Gasteiger partial charge is 0.301 e. The second-order valence-electron chi connectivity index (χ2n) is 2.93. The molecule has 0 aromatic rings. The number of Topliss-reactive ketones (excluding diaryl/α,β-unsaturated/α-hetero) is 1. The summed E-state index contributed by atoms with van der Waals surface area (Å²) in [5.74, 6) is -0.222. The van der Waals surface area contributed by atoms with Crippen molar-refractivity contribution in [2.45, 2.75) is 20.3 Å². The molecule has 0 aliphatic rings. The predicted molar refractivity (Wildman–Crippen MR) is 41.8 cm³/mol. The first kappa shape index (κ1) is 9.34. The van der Waals surface area contributed by atoms with Gasteiger partial charge in [0, 0.05) is 11.8 Å². The van der Waals surface area contributed by atoms with Crippen molar-refractivity contribution in [3.8, 4) is 0 Å². The molecule has 0 aromatic heterocycles. The van der Waals surface area contributed by atoms with Gasteiger partial charge in [0.2, 0.25) is 0 Å². The molecule has 0 atom stereocenters. The maximum absolute atomic E-state index is 10.8. The molecule has 10 heavy (non-hydrogen) atoms. The van der Waals surface area contributed by atoms with Crippen molar-refractivity contribution in [2.75, 3.05) is 0 Å². The molecule has 1 N–H and O–H groups in total. The molecule has 0 aromatic carbocycles. The van der Waals surface area contributed by atoms with E-state index in [0.29, 0.717) is 0 Å². The third kappa shape index (κ3) is 2.29. The summed E-state index contributed by atoms with van der Waals surface area (Å²) in [6.07, 6.45) is 0.151. The summed E-state index contributed by atoms with van der Waals surface area (Å²) in [7, 11) is 0. The molecular weight excluding hydrogens is 126 g/mol. The fraction of sp³-hybridized carbons (Fsp3) is 0.500. The van der Waals surface area contributed by atoms with Crippen molar-refractivity contribution in [3.05, 3.63) is 13.8 Å². The van der Waals surface area contributed by atoms with E-state index in [9.17, 15) is 4.79 Å². The highest BCUT2D eigenvalue weighted by Gasteiger charge is 2.22. The van der Waals surface area contributed by atoms with Crippen LogP contribution >= 0.6 is 0 Å². The van der Waals surface area contributed by atoms with Gasteiger partial charge >= 0.3 is 0 Å². The summed E-state index contributed by atoms with van der Waals surface area (Å²) >= 11 is 0. The van der Waals surface area contributed by atoms with Gasteiger partial charge in [-0.15, -0.1) is 0 Å². The molecule has 0 saturated heterocycles. The van der Waals surface area contributed by atoms with Crippen LogP contribution in [0.3, 0.4) is 0 Å². The molecule has 0 amide bonds. The van der Waals surface area contributed by atoms with Crippen molar-refractivity contribution in [2.24, 2.45) is 5.41 Å². The minimum Gasteiger partial charge on any atom is -0.301 e. The Bertz CT molecular complexity index is 153. The Labute approximate surface area is 62.1 Å². The highest BCUT2D eigenvalue weighted by Crippen LogP contribution is 2.15. The van der Waals surface area contributed by atoms with Crippen LogP contribution in [0.2, 0.25) is 0 Å². The number of carbonyl (C=O) groups excluding carboxylic acids is 1. The monoisotopic (exact) mass is 139 g/mol. The quantitative estimate of drug-likeness (QED) is 0.593. The van der Waals surface area contributed by atoms with E-state index in [1.54, 1.807) is 13.8 Å². The molecule has 0 aliphatic heterocycles. The summed E-state index contributed by atoms with van der Waals surface area (Å²) < 4.78 is 0. The first-order valence-corrected chi connectivity index (χ1v) is 3.16. The van der Waals surface area contributed by atoms with Crippen molar-refractivity contribution in [3.63, 3.8) is 0 Å². The van der Waals surface area contributed by atoms with Crippen LogP contribution in [0.25, 0.3) is 0 Å². The van der Waals surface area contributed by atoms with E-state index in [1.165, 1.54) is 0 Å². The average molecular weight is 139 g/mol. The fourth-order valence-corrected chi connectivity index (χ4v) is 0.502. The molecule has 2 nitrogen and oxygen atoms in total. The number of rotatable bonds is 3. The standard InChI is InChI=1S/C8H13NO/c1-5-6(10)7(9)8(2,3)4/h9H,1-2,5H2,3-4H3. The molecule has 0 spiro atoms. The maximum atomic E-state index is 10.8. The van der Waals surface area contributed by atoms with Crippen molar-refractivity contribution in [1.29, 1.82) is 5.41 Å². The van der Waals surface area contributed by atoms with Gasteiger partial charge in [0.05, 0.1) is 5.71 Å². The molecule has 0 bridgehead atoms. The van der Waals surface area contributed by atoms with Crippen LogP contribution in [0, 0.1) is 24.7 Å². The topological polar surface area (TPSA) is 40.9 Å². The maximum Gasteiger partial charge on any atom is 0.176 e. The number of ketones is 1. The average Bonchev–Trinajstić information content (AvgIpc) is 1.83. The van der Waals surface area contributed by atoms with Crippen LogP contribution < -0.4 is 0 Å². The van der Waals surface area contributed by atoms with Crippen LogP contribution in [0.15, 0.2) is 0 Å². The lowest BCUT2D eigenvalue weighted by atomic mass is 9.87. The minimum atomic E-state index is -0.575. The zero-order chi connectivity index (χ0) is 8.36. The van der Waals surface area contributed by atoms with E-state index in [4.69, 9.17) is 5.41 Å². The zero-order valence-electron chi connectivity index (χ0n) is 6.53. The fourth-order valence-electron chi connectivity index (χ4n) is 0.502. The van der Waals surface area contributed by atoms with E-state index >= 15 is 0 Å². The Balaban J connectivity index is 4.24. The molecule has 56 valence electrons. The summed E-state index contributed by atoms with van der Waals surface area (Å²) in [5, 5.41) is 7.29. The SMILES string of the molecule is [CH2]CC(=O)C(=N)C([CH2])(C)C. The van der Waals surface area contributed by atoms with Crippen LogP contribution in [0.4, 0.5) is 0 Å². The van der Waals surface area contributed by atoms with E-state index in [2.05, 4.69) is 13.8 Å². The number of nitrogens with one attached hydrogen (secondary N) is 1. The molecule has 0 unspecified atom stereocenters. The third-order valence-electron chi connectivity index (χ3n) is 1.18. The van der Waals surface area contributed by atoms with Crippen LogP contribution in [0.5, 0.6) is 0 Å². The lowest BCUT2D eigenvalue weighted by Crippen LogP contribution is -2.27. The van der Waals surface area contributed by atoms with Crippen LogP contribution in [0.1, 0.15) is 20.3 Å².